The van der Waals surface area contributed by atoms with E-state index in [-0.39, 0.29) is 11.0 Å². The third kappa shape index (κ3) is 6.22. The zero-order chi connectivity index (χ0) is 24.1. The molecule has 1 aliphatic rings. The van der Waals surface area contributed by atoms with E-state index in [4.69, 9.17) is 32.7 Å². The number of carbonyl (C=O) groups is 3. The van der Waals surface area contributed by atoms with E-state index in [9.17, 15) is 14.4 Å². The number of hydrogen-bond acceptors (Lipinski definition) is 6. The van der Waals surface area contributed by atoms with Crippen molar-refractivity contribution in [3.8, 4) is 11.5 Å². The maximum absolute atomic E-state index is 12.8. The molecule has 10 heteroatoms. The van der Waals surface area contributed by atoms with Crippen LogP contribution in [0.1, 0.15) is 25.8 Å². The summed E-state index contributed by atoms with van der Waals surface area (Å²) in [5.74, 6) is -0.260. The van der Waals surface area contributed by atoms with E-state index in [1.54, 1.807) is 36.4 Å². The van der Waals surface area contributed by atoms with Crippen LogP contribution < -0.4 is 14.8 Å². The Bertz CT molecular complexity index is 1120. The van der Waals surface area contributed by atoms with Gasteiger partial charge in [0, 0.05) is 10.7 Å². The molecular weight excluding hydrogens is 487 g/mol. The van der Waals surface area contributed by atoms with Crippen LogP contribution in [0.25, 0.3) is 6.08 Å². The Morgan fingerprint density at radius 2 is 2.00 bits per heavy atom. The lowest BCUT2D eigenvalue weighted by atomic mass is 10.1. The van der Waals surface area contributed by atoms with E-state index >= 15 is 0 Å². The molecule has 2 aromatic carbocycles. The fourth-order valence-electron chi connectivity index (χ4n) is 2.92. The number of nitrogens with zero attached hydrogens (tertiary/aromatic N) is 1. The lowest BCUT2D eigenvalue weighted by Crippen LogP contribution is -2.36. The molecule has 1 atom stereocenters. The highest BCUT2D eigenvalue weighted by atomic mass is 35.5. The minimum Gasteiger partial charge on any atom is -0.493 e. The Morgan fingerprint density at radius 1 is 1.24 bits per heavy atom. The van der Waals surface area contributed by atoms with Gasteiger partial charge in [-0.3, -0.25) is 19.3 Å². The molecule has 0 saturated carbocycles. The second-order valence-electron chi connectivity index (χ2n) is 7.20. The number of methoxy groups -OCH3 is 1. The molecule has 0 spiro atoms. The number of halogens is 2. The molecule has 33 heavy (non-hydrogen) atoms. The predicted molar refractivity (Wildman–Crippen MR) is 131 cm³/mol. The minimum atomic E-state index is -0.568. The molecule has 0 aliphatic carbocycles. The summed E-state index contributed by atoms with van der Waals surface area (Å²) in [5.41, 5.74) is 1.03. The summed E-state index contributed by atoms with van der Waals surface area (Å²) in [5, 5.41) is 2.85. The SMILES string of the molecule is CC[C@@H](C)Oc1c(Cl)cc(/C=C2\SC(=O)N(CC(=O)Nc3cccc(Cl)c3)C2=O)cc1OC. The summed E-state index contributed by atoms with van der Waals surface area (Å²) in [7, 11) is 1.49. The number of imide groups is 1. The number of nitrogens with one attached hydrogen (secondary N) is 1. The van der Waals surface area contributed by atoms with Gasteiger partial charge in [0.1, 0.15) is 6.54 Å². The molecule has 2 aromatic rings. The number of benzene rings is 2. The maximum atomic E-state index is 12.8. The van der Waals surface area contributed by atoms with Gasteiger partial charge in [-0.15, -0.1) is 0 Å². The quantitative estimate of drug-likeness (QED) is 0.449. The molecule has 0 aromatic heterocycles. The molecule has 1 saturated heterocycles. The van der Waals surface area contributed by atoms with Gasteiger partial charge >= 0.3 is 0 Å². The van der Waals surface area contributed by atoms with Gasteiger partial charge in [0.2, 0.25) is 5.91 Å². The lowest BCUT2D eigenvalue weighted by Gasteiger charge is -2.17. The van der Waals surface area contributed by atoms with Crippen LogP contribution in [0.5, 0.6) is 11.5 Å². The molecule has 7 nitrogen and oxygen atoms in total. The van der Waals surface area contributed by atoms with Crippen LogP contribution in [0.3, 0.4) is 0 Å². The van der Waals surface area contributed by atoms with Crippen LogP contribution in [0.15, 0.2) is 41.3 Å². The zero-order valence-electron chi connectivity index (χ0n) is 18.2. The lowest BCUT2D eigenvalue weighted by molar-refractivity contribution is -0.127. The van der Waals surface area contributed by atoms with E-state index in [2.05, 4.69) is 5.32 Å². The average Bonchev–Trinajstić information content (AvgIpc) is 3.02. The van der Waals surface area contributed by atoms with Gasteiger partial charge in [-0.05, 0) is 67.1 Å². The Balaban J connectivity index is 1.76. The van der Waals surface area contributed by atoms with Crippen molar-refractivity contribution < 1.29 is 23.9 Å². The van der Waals surface area contributed by atoms with Gasteiger partial charge in [-0.1, -0.05) is 36.2 Å². The van der Waals surface area contributed by atoms with E-state index in [0.29, 0.717) is 32.8 Å². The van der Waals surface area contributed by atoms with Crippen LogP contribution in [0.4, 0.5) is 10.5 Å². The molecule has 3 amide bonds. The zero-order valence-corrected chi connectivity index (χ0v) is 20.5. The van der Waals surface area contributed by atoms with E-state index in [1.165, 1.54) is 13.2 Å². The number of ether oxygens (including phenoxy) is 2. The van der Waals surface area contributed by atoms with Crippen LogP contribution >= 0.6 is 35.0 Å². The second kappa shape index (κ2) is 11.0. The number of rotatable bonds is 8. The highest BCUT2D eigenvalue weighted by molar-refractivity contribution is 8.18. The van der Waals surface area contributed by atoms with Crippen LogP contribution in [-0.4, -0.2) is 41.7 Å². The molecule has 0 bridgehead atoms. The fourth-order valence-corrected chi connectivity index (χ4v) is 4.21. The molecule has 1 N–H and O–H groups in total. The summed E-state index contributed by atoms with van der Waals surface area (Å²) < 4.78 is 11.2. The van der Waals surface area contributed by atoms with Gasteiger partial charge in [0.15, 0.2) is 11.5 Å². The van der Waals surface area contributed by atoms with Crippen molar-refractivity contribution in [3.05, 3.63) is 56.9 Å². The van der Waals surface area contributed by atoms with Crippen molar-refractivity contribution in [1.82, 2.24) is 4.90 Å². The Labute approximate surface area is 206 Å². The number of carbonyl (C=O) groups excluding carboxylic acids is 3. The highest BCUT2D eigenvalue weighted by Crippen LogP contribution is 2.39. The molecule has 1 fully saturated rings. The van der Waals surface area contributed by atoms with Crippen molar-refractivity contribution in [1.29, 1.82) is 0 Å². The number of anilines is 1. The van der Waals surface area contributed by atoms with Crippen LogP contribution in [-0.2, 0) is 9.59 Å². The summed E-state index contributed by atoms with van der Waals surface area (Å²) in [6, 6.07) is 9.87. The minimum absolute atomic E-state index is 0.0585. The number of thioether (sulfide) groups is 1. The van der Waals surface area contributed by atoms with Crippen molar-refractivity contribution in [3.63, 3.8) is 0 Å². The first-order chi connectivity index (χ1) is 15.7. The third-order valence-electron chi connectivity index (χ3n) is 4.73. The standard InChI is InChI=1S/C23H22Cl2N2O5S/c1-4-13(2)32-21-17(25)8-14(9-18(21)31-3)10-19-22(29)27(23(30)33-19)12-20(28)26-16-7-5-6-15(24)11-16/h5-11,13H,4,12H2,1-3H3,(H,26,28)/b19-10-/t13-/m1/s1. The van der Waals surface area contributed by atoms with Crippen molar-refractivity contribution in [2.45, 2.75) is 26.4 Å². The second-order valence-corrected chi connectivity index (χ2v) is 9.03. The smallest absolute Gasteiger partial charge is 0.294 e. The van der Waals surface area contributed by atoms with E-state index < -0.39 is 23.6 Å². The van der Waals surface area contributed by atoms with Crippen LogP contribution in [0, 0.1) is 0 Å². The Hall–Kier alpha value is -2.68. The van der Waals surface area contributed by atoms with Gasteiger partial charge in [-0.25, -0.2) is 0 Å². The van der Waals surface area contributed by atoms with Crippen molar-refractivity contribution in [2.24, 2.45) is 0 Å². The molecule has 1 aliphatic heterocycles. The molecular formula is C23H22Cl2N2O5S. The summed E-state index contributed by atoms with van der Waals surface area (Å²) in [6.45, 7) is 3.49. The number of hydrogen-bond donors (Lipinski definition) is 1. The van der Waals surface area contributed by atoms with Gasteiger partial charge in [0.05, 0.1) is 23.1 Å². The monoisotopic (exact) mass is 508 g/mol. The highest BCUT2D eigenvalue weighted by Gasteiger charge is 2.36. The van der Waals surface area contributed by atoms with Gasteiger partial charge < -0.3 is 14.8 Å². The first kappa shape index (κ1) is 25.0. The van der Waals surface area contributed by atoms with Gasteiger partial charge in [0.25, 0.3) is 11.1 Å². The largest absolute Gasteiger partial charge is 0.493 e. The van der Waals surface area contributed by atoms with Crippen molar-refractivity contribution in [2.75, 3.05) is 19.0 Å². The van der Waals surface area contributed by atoms with E-state index in [0.717, 1.165) is 23.1 Å². The molecule has 174 valence electrons. The molecule has 0 radical (unpaired) electrons. The molecule has 1 heterocycles. The Morgan fingerprint density at radius 3 is 2.67 bits per heavy atom. The molecule has 3 rings (SSSR count). The average molecular weight is 509 g/mol. The van der Waals surface area contributed by atoms with Crippen LogP contribution in [0.2, 0.25) is 10.0 Å². The summed E-state index contributed by atoms with van der Waals surface area (Å²) in [4.78, 5) is 38.6. The number of amides is 3. The van der Waals surface area contributed by atoms with Crippen molar-refractivity contribution >= 4 is 63.8 Å². The predicted octanol–water partition coefficient (Wildman–Crippen LogP) is 5.85. The normalized spacial score (nSPS) is 15.7. The maximum Gasteiger partial charge on any atom is 0.294 e. The third-order valence-corrected chi connectivity index (χ3v) is 6.15. The van der Waals surface area contributed by atoms with E-state index in [1.807, 2.05) is 13.8 Å². The molecule has 0 unspecified atom stereocenters. The summed E-state index contributed by atoms with van der Waals surface area (Å²) >= 11 is 13.0. The first-order valence-corrected chi connectivity index (χ1v) is 11.6. The Kier molecular flexibility index (Phi) is 8.29. The first-order valence-electron chi connectivity index (χ1n) is 10.1. The topological polar surface area (TPSA) is 84.9 Å². The summed E-state index contributed by atoms with van der Waals surface area (Å²) in [6.07, 6.45) is 2.26. The fraction of sp³-hybridized carbons (Fsp3) is 0.261. The van der Waals surface area contributed by atoms with Gasteiger partial charge in [-0.2, -0.15) is 0 Å².